The molecule has 1 heterocycles. The average molecular weight is 378 g/mol. The number of halogens is 3. The Bertz CT molecular complexity index is 712. The highest BCUT2D eigenvalue weighted by Crippen LogP contribution is 2.33. The van der Waals surface area contributed by atoms with E-state index in [1.807, 2.05) is 0 Å². The summed E-state index contributed by atoms with van der Waals surface area (Å²) in [6.07, 6.45) is -3.06. The smallest absolute Gasteiger partial charge is 0.343 e. The Balaban J connectivity index is 1.98. The molecule has 25 heavy (non-hydrogen) atoms. The van der Waals surface area contributed by atoms with Gasteiger partial charge in [-0.2, -0.15) is 13.2 Å². The van der Waals surface area contributed by atoms with Crippen molar-refractivity contribution in [2.24, 2.45) is 5.92 Å². The topological polar surface area (TPSA) is 66.5 Å². The number of sulfonamides is 1. The highest BCUT2D eigenvalue weighted by atomic mass is 32.2. The van der Waals surface area contributed by atoms with Gasteiger partial charge in [0.15, 0.2) is 0 Å². The van der Waals surface area contributed by atoms with E-state index < -0.39 is 26.7 Å². The predicted octanol–water partition coefficient (Wildman–Crippen LogP) is 2.63. The molecule has 1 amide bonds. The third-order valence-corrected chi connectivity index (χ3v) is 5.77. The Kier molecular flexibility index (Phi) is 6.10. The first-order valence-corrected chi connectivity index (χ1v) is 9.53. The summed E-state index contributed by atoms with van der Waals surface area (Å²) in [7, 11) is -4.35. The first-order chi connectivity index (χ1) is 11.6. The molecule has 0 spiro atoms. The molecule has 1 aliphatic heterocycles. The third-order valence-electron chi connectivity index (χ3n) is 4.25. The molecule has 140 valence electrons. The van der Waals surface area contributed by atoms with Crippen LogP contribution < -0.4 is 4.72 Å². The largest absolute Gasteiger partial charge is 0.417 e. The highest BCUT2D eigenvalue weighted by molar-refractivity contribution is 7.89. The van der Waals surface area contributed by atoms with Crippen LogP contribution in [0, 0.1) is 5.92 Å². The molecule has 0 bridgehead atoms. The van der Waals surface area contributed by atoms with Gasteiger partial charge in [-0.3, -0.25) is 4.79 Å². The molecule has 0 aromatic heterocycles. The number of alkyl halides is 3. The number of benzene rings is 1. The molecule has 1 saturated heterocycles. The molecule has 5 nitrogen and oxygen atoms in total. The predicted molar refractivity (Wildman–Crippen MR) is 86.2 cm³/mol. The second-order valence-corrected chi connectivity index (χ2v) is 7.94. The van der Waals surface area contributed by atoms with Gasteiger partial charge in [0.05, 0.1) is 10.5 Å². The van der Waals surface area contributed by atoms with Crippen LogP contribution in [-0.4, -0.2) is 38.9 Å². The average Bonchev–Trinajstić information content (AvgIpc) is 2.54. The van der Waals surface area contributed by atoms with Crippen LogP contribution in [0.25, 0.3) is 0 Å². The number of amides is 1. The molecule has 0 unspecified atom stereocenters. The van der Waals surface area contributed by atoms with E-state index in [4.69, 9.17) is 0 Å². The minimum Gasteiger partial charge on any atom is -0.343 e. The first kappa shape index (κ1) is 19.7. The second-order valence-electron chi connectivity index (χ2n) is 6.21. The Morgan fingerprint density at radius 3 is 2.44 bits per heavy atom. The van der Waals surface area contributed by atoms with Crippen LogP contribution in [0.1, 0.15) is 31.7 Å². The van der Waals surface area contributed by atoms with E-state index in [1.54, 1.807) is 4.90 Å². The van der Waals surface area contributed by atoms with Crippen molar-refractivity contribution in [2.45, 2.75) is 37.3 Å². The van der Waals surface area contributed by atoms with Crippen molar-refractivity contribution in [3.05, 3.63) is 29.8 Å². The Hall–Kier alpha value is -1.61. The van der Waals surface area contributed by atoms with E-state index in [-0.39, 0.29) is 18.9 Å². The molecule has 0 aliphatic carbocycles. The first-order valence-electron chi connectivity index (χ1n) is 8.05. The van der Waals surface area contributed by atoms with Gasteiger partial charge in [-0.25, -0.2) is 13.1 Å². The lowest BCUT2D eigenvalue weighted by Gasteiger charge is -2.30. The van der Waals surface area contributed by atoms with E-state index in [1.165, 1.54) is 6.07 Å². The van der Waals surface area contributed by atoms with Gasteiger partial charge in [0, 0.05) is 26.1 Å². The maximum absolute atomic E-state index is 13.0. The number of carbonyl (C=O) groups excluding carboxylic acids is 1. The summed E-state index contributed by atoms with van der Waals surface area (Å²) in [4.78, 5) is 12.9. The molecule has 0 radical (unpaired) electrons. The number of piperidine rings is 1. The molecule has 1 N–H and O–H groups in total. The van der Waals surface area contributed by atoms with Gasteiger partial charge >= 0.3 is 6.18 Å². The van der Waals surface area contributed by atoms with Crippen LogP contribution in [0.2, 0.25) is 0 Å². The van der Waals surface area contributed by atoms with Gasteiger partial charge < -0.3 is 4.90 Å². The van der Waals surface area contributed by atoms with Crippen LogP contribution in [0.4, 0.5) is 13.2 Å². The number of hydrogen-bond acceptors (Lipinski definition) is 3. The molecular formula is C16H21F3N2O3S. The summed E-state index contributed by atoms with van der Waals surface area (Å²) in [5.74, 6) is 0.361. The van der Waals surface area contributed by atoms with Crippen LogP contribution >= 0.6 is 0 Å². The molecule has 1 aliphatic rings. The van der Waals surface area contributed by atoms with E-state index in [2.05, 4.69) is 11.6 Å². The fourth-order valence-corrected chi connectivity index (χ4v) is 3.98. The molecule has 1 aromatic rings. The summed E-state index contributed by atoms with van der Waals surface area (Å²) in [6.45, 7) is 3.13. The minimum atomic E-state index is -4.77. The summed E-state index contributed by atoms with van der Waals surface area (Å²) < 4.78 is 65.3. The van der Waals surface area contributed by atoms with Gasteiger partial charge in [0.1, 0.15) is 0 Å². The van der Waals surface area contributed by atoms with Crippen molar-refractivity contribution in [1.82, 2.24) is 9.62 Å². The molecule has 9 heteroatoms. The zero-order valence-corrected chi connectivity index (χ0v) is 14.7. The van der Waals surface area contributed by atoms with Gasteiger partial charge in [-0.05, 0) is 30.9 Å². The molecule has 0 saturated carbocycles. The zero-order valence-electron chi connectivity index (χ0n) is 13.8. The van der Waals surface area contributed by atoms with Crippen molar-refractivity contribution in [2.75, 3.05) is 19.6 Å². The lowest BCUT2D eigenvalue weighted by molar-refractivity contribution is -0.140. The van der Waals surface area contributed by atoms with E-state index in [0.717, 1.165) is 25.0 Å². The summed E-state index contributed by atoms with van der Waals surface area (Å²) >= 11 is 0. The van der Waals surface area contributed by atoms with Crippen molar-refractivity contribution < 1.29 is 26.4 Å². The minimum absolute atomic E-state index is 0.0816. The molecule has 1 fully saturated rings. The van der Waals surface area contributed by atoms with Gasteiger partial charge in [-0.15, -0.1) is 0 Å². The van der Waals surface area contributed by atoms with Crippen molar-refractivity contribution >= 4 is 15.9 Å². The fraction of sp³-hybridized carbons (Fsp3) is 0.562. The lowest BCUT2D eigenvalue weighted by atomic mass is 9.99. The van der Waals surface area contributed by atoms with Gasteiger partial charge in [0.25, 0.3) is 0 Å². The maximum atomic E-state index is 13.0. The number of nitrogens with zero attached hydrogens (tertiary/aromatic N) is 1. The normalized spacial score (nSPS) is 16.9. The van der Waals surface area contributed by atoms with Crippen molar-refractivity contribution in [3.63, 3.8) is 0 Å². The lowest BCUT2D eigenvalue weighted by Crippen LogP contribution is -2.39. The van der Waals surface area contributed by atoms with E-state index in [9.17, 15) is 26.4 Å². The Morgan fingerprint density at radius 1 is 1.24 bits per heavy atom. The summed E-state index contributed by atoms with van der Waals surface area (Å²) in [5, 5.41) is 0. The zero-order chi connectivity index (χ0) is 18.7. The van der Waals surface area contributed by atoms with E-state index in [0.29, 0.717) is 25.1 Å². The van der Waals surface area contributed by atoms with Crippen LogP contribution in [0.15, 0.2) is 29.2 Å². The number of likely N-dealkylation sites (tertiary alicyclic amines) is 1. The Labute approximate surface area is 145 Å². The van der Waals surface area contributed by atoms with Crippen molar-refractivity contribution in [1.29, 1.82) is 0 Å². The van der Waals surface area contributed by atoms with E-state index >= 15 is 0 Å². The fourth-order valence-electron chi connectivity index (χ4n) is 2.72. The standard InChI is InChI=1S/C16H21F3N2O3S/c1-12-7-10-21(11-8-12)15(22)6-9-20-25(23,24)14-5-3-2-4-13(14)16(17,18)19/h2-5,12,20H,6-11H2,1H3. The second kappa shape index (κ2) is 7.74. The van der Waals surface area contributed by atoms with Gasteiger partial charge in [-0.1, -0.05) is 19.1 Å². The molecule has 0 atom stereocenters. The Morgan fingerprint density at radius 2 is 1.84 bits per heavy atom. The van der Waals surface area contributed by atoms with Crippen LogP contribution in [0.5, 0.6) is 0 Å². The number of hydrogen-bond donors (Lipinski definition) is 1. The molecule has 1 aromatic carbocycles. The molecule has 2 rings (SSSR count). The van der Waals surface area contributed by atoms with Gasteiger partial charge in [0.2, 0.25) is 15.9 Å². The quantitative estimate of drug-likeness (QED) is 0.857. The SMILES string of the molecule is CC1CCN(C(=O)CCNS(=O)(=O)c2ccccc2C(F)(F)F)CC1. The van der Waals surface area contributed by atoms with Crippen LogP contribution in [-0.2, 0) is 21.0 Å². The van der Waals surface area contributed by atoms with Crippen LogP contribution in [0.3, 0.4) is 0 Å². The molecular weight excluding hydrogens is 357 g/mol. The summed E-state index contributed by atoms with van der Waals surface area (Å²) in [6, 6.07) is 3.97. The number of carbonyl (C=O) groups is 1. The van der Waals surface area contributed by atoms with Crippen molar-refractivity contribution in [3.8, 4) is 0 Å². The third kappa shape index (κ3) is 5.18. The monoisotopic (exact) mass is 378 g/mol. The maximum Gasteiger partial charge on any atom is 0.417 e. The highest BCUT2D eigenvalue weighted by Gasteiger charge is 2.36. The summed E-state index contributed by atoms with van der Waals surface area (Å²) in [5.41, 5.74) is -1.22. The number of nitrogens with one attached hydrogen (secondary N) is 1. The number of rotatable bonds is 5.